The van der Waals surface area contributed by atoms with Crippen molar-refractivity contribution in [2.75, 3.05) is 11.4 Å². The van der Waals surface area contributed by atoms with Crippen molar-refractivity contribution < 1.29 is 0 Å². The van der Waals surface area contributed by atoms with E-state index in [0.717, 1.165) is 18.7 Å². The molecular weight excluding hydrogens is 242 g/mol. The lowest BCUT2D eigenvalue weighted by Gasteiger charge is -2.35. The average molecular weight is 259 g/mol. The van der Waals surface area contributed by atoms with Crippen LogP contribution in [0.1, 0.15) is 29.1 Å². The lowest BCUT2D eigenvalue weighted by Crippen LogP contribution is -2.33. The maximum Gasteiger partial charge on any atom is 0.0558 e. The van der Waals surface area contributed by atoms with Gasteiger partial charge in [-0.1, -0.05) is 0 Å². The molecule has 0 aliphatic carbocycles. The highest BCUT2D eigenvalue weighted by Crippen LogP contribution is 2.35. The Morgan fingerprint density at radius 1 is 1.44 bits per heavy atom. The average Bonchev–Trinajstić information content (AvgIpc) is 2.89. The van der Waals surface area contributed by atoms with Crippen molar-refractivity contribution >= 4 is 17.0 Å². The molecule has 4 heteroatoms. The molecule has 3 rings (SSSR count). The van der Waals surface area contributed by atoms with E-state index in [0.29, 0.717) is 12.6 Å². The van der Waals surface area contributed by atoms with E-state index in [1.165, 1.54) is 16.1 Å². The first kappa shape index (κ1) is 11.7. The number of nitrogens with two attached hydrogens (primary N) is 1. The van der Waals surface area contributed by atoms with Gasteiger partial charge in [-0.15, -0.1) is 11.3 Å². The fraction of sp³-hybridized carbons (Fsp3) is 0.357. The number of rotatable bonds is 2. The van der Waals surface area contributed by atoms with Crippen molar-refractivity contribution in [2.24, 2.45) is 5.73 Å². The van der Waals surface area contributed by atoms with Gasteiger partial charge in [0, 0.05) is 18.0 Å². The molecule has 0 fully saturated rings. The third-order valence-electron chi connectivity index (χ3n) is 3.63. The monoisotopic (exact) mass is 259 g/mol. The number of nitrogens with zero attached hydrogens (tertiary/aromatic N) is 2. The summed E-state index contributed by atoms with van der Waals surface area (Å²) in [5.41, 5.74) is 9.18. The summed E-state index contributed by atoms with van der Waals surface area (Å²) in [6.45, 7) is 3.84. The van der Waals surface area contributed by atoms with Gasteiger partial charge in [0.2, 0.25) is 0 Å². The molecule has 0 saturated heterocycles. The summed E-state index contributed by atoms with van der Waals surface area (Å²) >= 11 is 1.87. The summed E-state index contributed by atoms with van der Waals surface area (Å²) in [6.07, 6.45) is 3.08. The van der Waals surface area contributed by atoms with Crippen LogP contribution in [0.3, 0.4) is 0 Å². The number of pyridine rings is 1. The first-order valence-corrected chi connectivity index (χ1v) is 7.15. The van der Waals surface area contributed by atoms with Gasteiger partial charge in [-0.25, -0.2) is 0 Å². The van der Waals surface area contributed by atoms with Gasteiger partial charge in [0.15, 0.2) is 0 Å². The third kappa shape index (κ3) is 1.91. The van der Waals surface area contributed by atoms with Gasteiger partial charge in [0.1, 0.15) is 0 Å². The van der Waals surface area contributed by atoms with E-state index in [9.17, 15) is 0 Å². The first-order valence-electron chi connectivity index (χ1n) is 6.27. The van der Waals surface area contributed by atoms with Crippen molar-refractivity contribution in [1.82, 2.24) is 4.98 Å². The summed E-state index contributed by atoms with van der Waals surface area (Å²) in [4.78, 5) is 8.34. The zero-order valence-corrected chi connectivity index (χ0v) is 11.3. The molecule has 94 valence electrons. The van der Waals surface area contributed by atoms with E-state index < -0.39 is 0 Å². The molecule has 1 aliphatic rings. The number of anilines is 1. The minimum absolute atomic E-state index is 0.436. The molecule has 3 heterocycles. The molecule has 0 spiro atoms. The Bertz CT molecular complexity index is 532. The Balaban J connectivity index is 1.89. The van der Waals surface area contributed by atoms with Crippen molar-refractivity contribution in [3.8, 4) is 0 Å². The fourth-order valence-corrected chi connectivity index (χ4v) is 3.53. The molecule has 1 atom stereocenters. The zero-order valence-electron chi connectivity index (χ0n) is 10.5. The van der Waals surface area contributed by atoms with E-state index in [-0.39, 0.29) is 0 Å². The molecule has 2 N–H and O–H groups in total. The molecule has 0 radical (unpaired) electrons. The predicted octanol–water partition coefficient (Wildman–Crippen LogP) is 2.73. The minimum atomic E-state index is 0.436. The molecule has 3 nitrogen and oxygen atoms in total. The second kappa shape index (κ2) is 4.71. The highest BCUT2D eigenvalue weighted by atomic mass is 32.1. The van der Waals surface area contributed by atoms with Crippen LogP contribution in [-0.4, -0.2) is 11.5 Å². The molecule has 0 saturated carbocycles. The number of fused-ring (bicyclic) bond motifs is 1. The summed E-state index contributed by atoms with van der Waals surface area (Å²) in [5, 5.41) is 2.19. The van der Waals surface area contributed by atoms with Gasteiger partial charge >= 0.3 is 0 Å². The van der Waals surface area contributed by atoms with Crippen molar-refractivity contribution in [3.05, 3.63) is 45.9 Å². The molecule has 1 unspecified atom stereocenters. The van der Waals surface area contributed by atoms with E-state index in [1.807, 2.05) is 23.6 Å². The third-order valence-corrected chi connectivity index (χ3v) is 4.62. The number of hydrogen-bond acceptors (Lipinski definition) is 4. The van der Waals surface area contributed by atoms with Crippen LogP contribution in [0.5, 0.6) is 0 Å². The van der Waals surface area contributed by atoms with Crippen LogP contribution in [0.25, 0.3) is 0 Å². The second-order valence-electron chi connectivity index (χ2n) is 4.63. The molecule has 0 bridgehead atoms. The summed E-state index contributed by atoms with van der Waals surface area (Å²) < 4.78 is 0. The molecule has 1 aliphatic heterocycles. The lowest BCUT2D eigenvalue weighted by atomic mass is 10.0. The Labute approximate surface area is 111 Å². The number of hydrogen-bond donors (Lipinski definition) is 1. The quantitative estimate of drug-likeness (QED) is 0.901. The second-order valence-corrected chi connectivity index (χ2v) is 5.63. The predicted molar refractivity (Wildman–Crippen MR) is 75.9 cm³/mol. The number of thiophene rings is 1. The first-order chi connectivity index (χ1) is 8.79. The van der Waals surface area contributed by atoms with Crippen molar-refractivity contribution in [1.29, 1.82) is 0 Å². The SMILES string of the molecule is CC1c2ccsc2CCN1c1ccc(CN)nc1. The molecule has 18 heavy (non-hydrogen) atoms. The summed E-state index contributed by atoms with van der Waals surface area (Å²) in [5.74, 6) is 0. The van der Waals surface area contributed by atoms with Crippen LogP contribution < -0.4 is 10.6 Å². The summed E-state index contributed by atoms with van der Waals surface area (Å²) in [6, 6.07) is 6.83. The van der Waals surface area contributed by atoms with E-state index in [4.69, 9.17) is 5.73 Å². The Morgan fingerprint density at radius 2 is 2.33 bits per heavy atom. The maximum atomic E-state index is 5.58. The van der Waals surface area contributed by atoms with E-state index >= 15 is 0 Å². The molecule has 0 amide bonds. The maximum absolute atomic E-state index is 5.58. The Morgan fingerprint density at radius 3 is 3.06 bits per heavy atom. The standard InChI is InChI=1S/C14H17N3S/c1-10-13-5-7-18-14(13)4-6-17(10)12-3-2-11(8-15)16-9-12/h2-3,5,7,9-10H,4,6,8,15H2,1H3. The van der Waals surface area contributed by atoms with Crippen LogP contribution in [0.2, 0.25) is 0 Å². The van der Waals surface area contributed by atoms with Crippen LogP contribution in [0, 0.1) is 0 Å². The molecular formula is C14H17N3S. The topological polar surface area (TPSA) is 42.1 Å². The van der Waals surface area contributed by atoms with E-state index in [1.54, 1.807) is 0 Å². The van der Waals surface area contributed by atoms with Crippen LogP contribution in [-0.2, 0) is 13.0 Å². The Hall–Kier alpha value is -1.39. The smallest absolute Gasteiger partial charge is 0.0558 e. The van der Waals surface area contributed by atoms with Gasteiger partial charge in [0.25, 0.3) is 0 Å². The van der Waals surface area contributed by atoms with Crippen molar-refractivity contribution in [2.45, 2.75) is 25.9 Å². The molecule has 0 aromatic carbocycles. The molecule has 2 aromatic heterocycles. The fourth-order valence-electron chi connectivity index (χ4n) is 2.57. The number of aromatic nitrogens is 1. The zero-order chi connectivity index (χ0) is 12.5. The molecule has 2 aromatic rings. The largest absolute Gasteiger partial charge is 0.363 e. The highest BCUT2D eigenvalue weighted by molar-refractivity contribution is 7.10. The van der Waals surface area contributed by atoms with Crippen molar-refractivity contribution in [3.63, 3.8) is 0 Å². The van der Waals surface area contributed by atoms with Crippen LogP contribution in [0.15, 0.2) is 29.8 Å². The summed E-state index contributed by atoms with van der Waals surface area (Å²) in [7, 11) is 0. The lowest BCUT2D eigenvalue weighted by molar-refractivity contribution is 0.631. The van der Waals surface area contributed by atoms with Gasteiger partial charge < -0.3 is 10.6 Å². The van der Waals surface area contributed by atoms with Gasteiger partial charge in [-0.05, 0) is 42.5 Å². The Kier molecular flexibility index (Phi) is 3.06. The minimum Gasteiger partial charge on any atom is -0.363 e. The van der Waals surface area contributed by atoms with Gasteiger partial charge in [-0.3, -0.25) is 4.98 Å². The van der Waals surface area contributed by atoms with Gasteiger partial charge in [0.05, 0.1) is 23.6 Å². The van der Waals surface area contributed by atoms with Crippen LogP contribution in [0.4, 0.5) is 5.69 Å². The van der Waals surface area contributed by atoms with Gasteiger partial charge in [-0.2, -0.15) is 0 Å². The van der Waals surface area contributed by atoms with E-state index in [2.05, 4.69) is 34.3 Å². The normalized spacial score (nSPS) is 18.8. The van der Waals surface area contributed by atoms with Crippen LogP contribution >= 0.6 is 11.3 Å². The highest BCUT2D eigenvalue weighted by Gasteiger charge is 2.24.